The maximum absolute atomic E-state index is 11.7. The highest BCUT2D eigenvalue weighted by molar-refractivity contribution is 9.10. The van der Waals surface area contributed by atoms with Gasteiger partial charge in [-0.2, -0.15) is 0 Å². The molecule has 2 N–H and O–H groups in total. The van der Waals surface area contributed by atoms with E-state index in [4.69, 9.17) is 0 Å². The van der Waals surface area contributed by atoms with Crippen LogP contribution in [0.5, 0.6) is 0 Å². The van der Waals surface area contributed by atoms with Gasteiger partial charge in [0, 0.05) is 15.8 Å². The van der Waals surface area contributed by atoms with Gasteiger partial charge in [-0.15, -0.1) is 0 Å². The monoisotopic (exact) mass is 304 g/mol. The molecule has 0 aliphatic carbocycles. The summed E-state index contributed by atoms with van der Waals surface area (Å²) in [4.78, 5) is 11.7. The molecule has 0 saturated carbocycles. The van der Waals surface area contributed by atoms with Gasteiger partial charge in [-0.05, 0) is 36.4 Å². The fourth-order valence-corrected chi connectivity index (χ4v) is 1.74. The zero-order valence-corrected chi connectivity index (χ0v) is 11.3. The Labute approximate surface area is 114 Å². The lowest BCUT2D eigenvalue weighted by Crippen LogP contribution is -2.21. The molecule has 0 unspecified atom stereocenters. The maximum Gasteiger partial charge on any atom is 0.243 e. The van der Waals surface area contributed by atoms with Crippen molar-refractivity contribution in [3.63, 3.8) is 0 Å². The summed E-state index contributed by atoms with van der Waals surface area (Å²) in [7, 11) is 0. The van der Waals surface area contributed by atoms with Gasteiger partial charge in [0.25, 0.3) is 0 Å². The van der Waals surface area contributed by atoms with Crippen molar-refractivity contribution in [2.45, 2.75) is 0 Å². The topological polar surface area (TPSA) is 41.1 Å². The maximum atomic E-state index is 11.7. The van der Waals surface area contributed by atoms with Crippen molar-refractivity contribution in [1.29, 1.82) is 0 Å². The van der Waals surface area contributed by atoms with Gasteiger partial charge in [0.15, 0.2) is 0 Å². The number of carbonyl (C=O) groups is 1. The van der Waals surface area contributed by atoms with Crippen LogP contribution in [-0.4, -0.2) is 12.5 Å². The SMILES string of the molecule is O=C(CNc1ccc(Br)cc1)Nc1ccccc1. The second kappa shape index (κ2) is 6.21. The van der Waals surface area contributed by atoms with Crippen molar-refractivity contribution in [3.05, 3.63) is 59.1 Å². The van der Waals surface area contributed by atoms with E-state index in [1.165, 1.54) is 0 Å². The number of nitrogens with one attached hydrogen (secondary N) is 2. The number of anilines is 2. The minimum absolute atomic E-state index is 0.0656. The summed E-state index contributed by atoms with van der Waals surface area (Å²) < 4.78 is 1.02. The van der Waals surface area contributed by atoms with E-state index < -0.39 is 0 Å². The highest BCUT2D eigenvalue weighted by atomic mass is 79.9. The Kier molecular flexibility index (Phi) is 4.36. The van der Waals surface area contributed by atoms with Gasteiger partial charge in [-0.25, -0.2) is 0 Å². The zero-order chi connectivity index (χ0) is 12.8. The largest absolute Gasteiger partial charge is 0.376 e. The summed E-state index contributed by atoms with van der Waals surface area (Å²) in [6.45, 7) is 0.247. The van der Waals surface area contributed by atoms with Crippen molar-refractivity contribution < 1.29 is 4.79 Å². The zero-order valence-electron chi connectivity index (χ0n) is 9.69. The van der Waals surface area contributed by atoms with E-state index in [0.29, 0.717) is 0 Å². The van der Waals surface area contributed by atoms with Crippen LogP contribution < -0.4 is 10.6 Å². The van der Waals surface area contributed by atoms with Crippen LogP contribution in [-0.2, 0) is 4.79 Å². The predicted molar refractivity (Wildman–Crippen MR) is 77.7 cm³/mol. The average molecular weight is 305 g/mol. The van der Waals surface area contributed by atoms with Crippen LogP contribution in [0.3, 0.4) is 0 Å². The molecule has 2 aromatic carbocycles. The molecule has 0 aliphatic heterocycles. The Morgan fingerprint density at radius 2 is 1.61 bits per heavy atom. The minimum Gasteiger partial charge on any atom is -0.376 e. The normalized spacial score (nSPS) is 9.83. The van der Waals surface area contributed by atoms with E-state index in [1.807, 2.05) is 54.6 Å². The van der Waals surface area contributed by atoms with E-state index in [9.17, 15) is 4.79 Å². The van der Waals surface area contributed by atoms with Crippen LogP contribution in [0.4, 0.5) is 11.4 Å². The molecule has 2 aromatic rings. The van der Waals surface area contributed by atoms with Crippen molar-refractivity contribution >= 4 is 33.2 Å². The molecule has 0 spiro atoms. The highest BCUT2D eigenvalue weighted by Crippen LogP contribution is 2.13. The third-order valence-electron chi connectivity index (χ3n) is 2.35. The van der Waals surface area contributed by atoms with Crippen LogP contribution >= 0.6 is 15.9 Å². The standard InChI is InChI=1S/C14H13BrN2O/c15-11-6-8-12(9-7-11)16-10-14(18)17-13-4-2-1-3-5-13/h1-9,16H,10H2,(H,17,18). The van der Waals surface area contributed by atoms with E-state index >= 15 is 0 Å². The Morgan fingerprint density at radius 3 is 2.28 bits per heavy atom. The molecule has 0 aromatic heterocycles. The number of halogens is 1. The molecular formula is C14H13BrN2O. The average Bonchev–Trinajstić information content (AvgIpc) is 2.39. The quantitative estimate of drug-likeness (QED) is 0.907. The second-order valence-electron chi connectivity index (χ2n) is 3.77. The fraction of sp³-hybridized carbons (Fsp3) is 0.0714. The van der Waals surface area contributed by atoms with E-state index in [2.05, 4.69) is 26.6 Å². The van der Waals surface area contributed by atoms with E-state index in [-0.39, 0.29) is 12.5 Å². The van der Waals surface area contributed by atoms with Crippen LogP contribution in [0, 0.1) is 0 Å². The van der Waals surface area contributed by atoms with Gasteiger partial charge in [0.1, 0.15) is 0 Å². The number of carbonyl (C=O) groups excluding carboxylic acids is 1. The van der Waals surface area contributed by atoms with Gasteiger partial charge < -0.3 is 10.6 Å². The number of hydrogen-bond acceptors (Lipinski definition) is 2. The number of para-hydroxylation sites is 1. The van der Waals surface area contributed by atoms with Gasteiger partial charge in [-0.3, -0.25) is 4.79 Å². The van der Waals surface area contributed by atoms with E-state index in [0.717, 1.165) is 15.8 Å². The first-order chi connectivity index (χ1) is 8.74. The van der Waals surface area contributed by atoms with Crippen LogP contribution in [0.15, 0.2) is 59.1 Å². The van der Waals surface area contributed by atoms with Crippen molar-refractivity contribution in [1.82, 2.24) is 0 Å². The summed E-state index contributed by atoms with van der Waals surface area (Å²) in [6.07, 6.45) is 0. The molecule has 0 fully saturated rings. The number of rotatable bonds is 4. The van der Waals surface area contributed by atoms with Crippen LogP contribution in [0.2, 0.25) is 0 Å². The van der Waals surface area contributed by atoms with Crippen molar-refractivity contribution in [2.24, 2.45) is 0 Å². The molecule has 0 aliphatic rings. The fourth-order valence-electron chi connectivity index (χ4n) is 1.48. The molecule has 3 nitrogen and oxygen atoms in total. The van der Waals surface area contributed by atoms with Crippen LogP contribution in [0.25, 0.3) is 0 Å². The van der Waals surface area contributed by atoms with Gasteiger partial charge in [0.05, 0.1) is 6.54 Å². The van der Waals surface area contributed by atoms with Crippen LogP contribution in [0.1, 0.15) is 0 Å². The number of amides is 1. The Bertz CT molecular complexity index is 511. The van der Waals surface area contributed by atoms with Gasteiger partial charge in [-0.1, -0.05) is 34.1 Å². The summed E-state index contributed by atoms with van der Waals surface area (Å²) in [6, 6.07) is 17.1. The lowest BCUT2D eigenvalue weighted by molar-refractivity contribution is -0.114. The first-order valence-electron chi connectivity index (χ1n) is 5.58. The molecule has 0 radical (unpaired) electrons. The predicted octanol–water partition coefficient (Wildman–Crippen LogP) is 3.50. The minimum atomic E-state index is -0.0656. The molecule has 0 atom stereocenters. The lowest BCUT2D eigenvalue weighted by atomic mass is 10.3. The summed E-state index contributed by atoms with van der Waals surface area (Å²) >= 11 is 3.36. The molecule has 0 saturated heterocycles. The second-order valence-corrected chi connectivity index (χ2v) is 4.69. The smallest absolute Gasteiger partial charge is 0.243 e. The number of benzene rings is 2. The third kappa shape index (κ3) is 3.89. The Hall–Kier alpha value is -1.81. The van der Waals surface area contributed by atoms with Crippen molar-refractivity contribution in [2.75, 3.05) is 17.2 Å². The Balaban J connectivity index is 1.83. The summed E-state index contributed by atoms with van der Waals surface area (Å²) in [5.74, 6) is -0.0656. The molecule has 1 amide bonds. The lowest BCUT2D eigenvalue weighted by Gasteiger charge is -2.07. The van der Waals surface area contributed by atoms with Gasteiger partial charge >= 0.3 is 0 Å². The summed E-state index contributed by atoms with van der Waals surface area (Å²) in [5.41, 5.74) is 1.72. The third-order valence-corrected chi connectivity index (χ3v) is 2.88. The molecule has 18 heavy (non-hydrogen) atoms. The van der Waals surface area contributed by atoms with E-state index in [1.54, 1.807) is 0 Å². The van der Waals surface area contributed by atoms with Gasteiger partial charge in [0.2, 0.25) is 5.91 Å². The molecule has 0 heterocycles. The molecule has 4 heteroatoms. The number of hydrogen-bond donors (Lipinski definition) is 2. The Morgan fingerprint density at radius 1 is 0.944 bits per heavy atom. The summed E-state index contributed by atoms with van der Waals surface area (Å²) in [5, 5.41) is 5.87. The molecule has 92 valence electrons. The first-order valence-corrected chi connectivity index (χ1v) is 6.38. The first kappa shape index (κ1) is 12.6. The van der Waals surface area contributed by atoms with Crippen molar-refractivity contribution in [3.8, 4) is 0 Å². The molecule has 2 rings (SSSR count). The highest BCUT2D eigenvalue weighted by Gasteiger charge is 2.01. The molecular weight excluding hydrogens is 292 g/mol. The molecule has 0 bridgehead atoms.